The van der Waals surface area contributed by atoms with Crippen LogP contribution in [0.4, 0.5) is 5.82 Å². The van der Waals surface area contributed by atoms with E-state index in [9.17, 15) is 4.79 Å². The first kappa shape index (κ1) is 15.3. The molecule has 1 amide bonds. The molecule has 2 aromatic rings. The van der Waals surface area contributed by atoms with E-state index in [-0.39, 0.29) is 11.3 Å². The fraction of sp³-hybridized carbons (Fsp3) is 0.375. The molecule has 0 atom stereocenters. The van der Waals surface area contributed by atoms with E-state index in [1.807, 2.05) is 24.3 Å². The maximum atomic E-state index is 12.4. The second-order valence-electron chi connectivity index (χ2n) is 5.91. The van der Waals surface area contributed by atoms with Crippen molar-refractivity contribution in [2.75, 3.05) is 12.0 Å². The molecular formula is C16H22N4O. The van der Waals surface area contributed by atoms with Crippen molar-refractivity contribution in [1.82, 2.24) is 10.3 Å². The van der Waals surface area contributed by atoms with Gasteiger partial charge in [0, 0.05) is 18.1 Å². The Morgan fingerprint density at radius 2 is 1.95 bits per heavy atom. The summed E-state index contributed by atoms with van der Waals surface area (Å²) in [7, 11) is 0. The first-order valence-corrected chi connectivity index (χ1v) is 7.11. The molecule has 0 saturated heterocycles. The molecule has 21 heavy (non-hydrogen) atoms. The van der Waals surface area contributed by atoms with Crippen LogP contribution in [0.25, 0.3) is 10.8 Å². The average Bonchev–Trinajstić information content (AvgIpc) is 2.51. The van der Waals surface area contributed by atoms with Crippen molar-refractivity contribution in [2.45, 2.75) is 27.2 Å². The quantitative estimate of drug-likeness (QED) is 0.583. The molecule has 0 saturated carbocycles. The molecule has 112 valence electrons. The van der Waals surface area contributed by atoms with Crippen LogP contribution in [-0.2, 0) is 0 Å². The predicted molar refractivity (Wildman–Crippen MR) is 86.0 cm³/mol. The van der Waals surface area contributed by atoms with Gasteiger partial charge in [0.25, 0.3) is 5.91 Å². The molecule has 4 N–H and O–H groups in total. The number of aromatic nitrogens is 1. The molecule has 0 aliphatic heterocycles. The van der Waals surface area contributed by atoms with Crippen molar-refractivity contribution in [3.8, 4) is 0 Å². The largest absolute Gasteiger partial charge is 0.351 e. The highest BCUT2D eigenvalue weighted by molar-refractivity contribution is 6.09. The molecule has 0 spiro atoms. The van der Waals surface area contributed by atoms with E-state index in [4.69, 9.17) is 5.84 Å². The van der Waals surface area contributed by atoms with E-state index in [0.29, 0.717) is 17.9 Å². The third kappa shape index (κ3) is 3.31. The van der Waals surface area contributed by atoms with Crippen molar-refractivity contribution < 1.29 is 4.79 Å². The zero-order chi connectivity index (χ0) is 15.5. The molecule has 5 heteroatoms. The van der Waals surface area contributed by atoms with Gasteiger partial charge in [-0.2, -0.15) is 0 Å². The Balaban J connectivity index is 2.32. The standard InChI is InChI=1S/C16H22N4O/c1-4-16(2,3)10-19-15(21)13-9-18-14(20-17)12-8-6-5-7-11(12)13/h5-9H,4,10,17H2,1-3H3,(H,18,20)(H,19,21). The summed E-state index contributed by atoms with van der Waals surface area (Å²) in [4.78, 5) is 16.6. The molecule has 5 nitrogen and oxygen atoms in total. The van der Waals surface area contributed by atoms with Gasteiger partial charge in [-0.3, -0.25) is 4.79 Å². The van der Waals surface area contributed by atoms with E-state index in [1.165, 1.54) is 0 Å². The molecule has 0 unspecified atom stereocenters. The summed E-state index contributed by atoms with van der Waals surface area (Å²) in [5, 5.41) is 4.66. The third-order valence-corrected chi connectivity index (χ3v) is 3.86. The van der Waals surface area contributed by atoms with E-state index in [0.717, 1.165) is 17.2 Å². The van der Waals surface area contributed by atoms with Crippen LogP contribution in [0.5, 0.6) is 0 Å². The zero-order valence-electron chi connectivity index (χ0n) is 12.7. The van der Waals surface area contributed by atoms with Gasteiger partial charge < -0.3 is 10.7 Å². The Labute approximate surface area is 124 Å². The second-order valence-corrected chi connectivity index (χ2v) is 5.91. The Bertz CT molecular complexity index is 652. The Kier molecular flexibility index (Phi) is 4.43. The third-order valence-electron chi connectivity index (χ3n) is 3.86. The number of hydrazine groups is 1. The number of nitrogens with zero attached hydrogens (tertiary/aromatic N) is 1. The fourth-order valence-corrected chi connectivity index (χ4v) is 2.03. The number of benzene rings is 1. The second kappa shape index (κ2) is 6.10. The van der Waals surface area contributed by atoms with E-state index in [2.05, 4.69) is 36.5 Å². The summed E-state index contributed by atoms with van der Waals surface area (Å²) >= 11 is 0. The number of nitrogens with one attached hydrogen (secondary N) is 2. The van der Waals surface area contributed by atoms with Crippen molar-refractivity contribution in [3.05, 3.63) is 36.0 Å². The van der Waals surface area contributed by atoms with E-state index >= 15 is 0 Å². The van der Waals surface area contributed by atoms with Gasteiger partial charge in [-0.15, -0.1) is 0 Å². The van der Waals surface area contributed by atoms with E-state index < -0.39 is 0 Å². The monoisotopic (exact) mass is 286 g/mol. The van der Waals surface area contributed by atoms with Crippen molar-refractivity contribution in [3.63, 3.8) is 0 Å². The fourth-order valence-electron chi connectivity index (χ4n) is 2.03. The molecule has 0 fully saturated rings. The molecular weight excluding hydrogens is 264 g/mol. The maximum absolute atomic E-state index is 12.4. The number of nitrogens with two attached hydrogens (primary N) is 1. The van der Waals surface area contributed by atoms with Gasteiger partial charge in [0.2, 0.25) is 0 Å². The summed E-state index contributed by atoms with van der Waals surface area (Å²) < 4.78 is 0. The smallest absolute Gasteiger partial charge is 0.253 e. The lowest BCUT2D eigenvalue weighted by Gasteiger charge is -2.23. The number of hydrogen-bond acceptors (Lipinski definition) is 4. The Hall–Kier alpha value is -2.14. The number of nitrogen functional groups attached to an aromatic ring is 1. The molecule has 1 aromatic heterocycles. The van der Waals surface area contributed by atoms with Crippen molar-refractivity contribution >= 4 is 22.5 Å². The molecule has 1 aromatic carbocycles. The first-order chi connectivity index (χ1) is 9.98. The topological polar surface area (TPSA) is 80.0 Å². The number of fused-ring (bicyclic) bond motifs is 1. The predicted octanol–water partition coefficient (Wildman–Crippen LogP) is 2.69. The van der Waals surface area contributed by atoms with Crippen LogP contribution in [0.3, 0.4) is 0 Å². The van der Waals surface area contributed by atoms with Gasteiger partial charge in [0.05, 0.1) is 5.56 Å². The van der Waals surface area contributed by atoms with Crippen LogP contribution in [-0.4, -0.2) is 17.4 Å². The summed E-state index contributed by atoms with van der Waals surface area (Å²) in [6.45, 7) is 7.01. The van der Waals surface area contributed by atoms with Gasteiger partial charge >= 0.3 is 0 Å². The van der Waals surface area contributed by atoms with E-state index in [1.54, 1.807) is 6.20 Å². The number of hydrogen-bond donors (Lipinski definition) is 3. The summed E-state index contributed by atoms with van der Waals surface area (Å²) in [5.41, 5.74) is 3.21. The van der Waals surface area contributed by atoms with Crippen LogP contribution in [0.1, 0.15) is 37.6 Å². The average molecular weight is 286 g/mol. The summed E-state index contributed by atoms with van der Waals surface area (Å²) in [6, 6.07) is 7.59. The van der Waals surface area contributed by atoms with Crippen molar-refractivity contribution in [2.24, 2.45) is 11.3 Å². The first-order valence-electron chi connectivity index (χ1n) is 7.11. The molecule has 2 rings (SSSR count). The highest BCUT2D eigenvalue weighted by atomic mass is 16.1. The van der Waals surface area contributed by atoms with Gasteiger partial charge in [0.15, 0.2) is 0 Å². The Morgan fingerprint density at radius 3 is 2.57 bits per heavy atom. The number of pyridine rings is 1. The van der Waals surface area contributed by atoms with Gasteiger partial charge in [-0.05, 0) is 17.2 Å². The van der Waals surface area contributed by atoms with Crippen molar-refractivity contribution in [1.29, 1.82) is 0 Å². The van der Waals surface area contributed by atoms with Gasteiger partial charge in [-0.25, -0.2) is 10.8 Å². The van der Waals surface area contributed by atoms with Crippen LogP contribution < -0.4 is 16.6 Å². The number of anilines is 1. The normalized spacial score (nSPS) is 11.4. The molecule has 0 bridgehead atoms. The number of carbonyl (C=O) groups is 1. The summed E-state index contributed by atoms with van der Waals surface area (Å²) in [6.07, 6.45) is 2.56. The lowest BCUT2D eigenvalue weighted by molar-refractivity contribution is 0.0937. The molecule has 1 heterocycles. The Morgan fingerprint density at radius 1 is 1.29 bits per heavy atom. The lowest BCUT2D eigenvalue weighted by Crippen LogP contribution is -2.33. The number of rotatable bonds is 5. The molecule has 0 radical (unpaired) electrons. The van der Waals surface area contributed by atoms with Crippen LogP contribution in [0.15, 0.2) is 30.5 Å². The molecule has 0 aliphatic rings. The summed E-state index contributed by atoms with van der Waals surface area (Å²) in [5.74, 6) is 5.92. The van der Waals surface area contributed by atoms with Crippen LogP contribution >= 0.6 is 0 Å². The highest BCUT2D eigenvalue weighted by Crippen LogP contribution is 2.24. The van der Waals surface area contributed by atoms with Crippen LogP contribution in [0.2, 0.25) is 0 Å². The van der Waals surface area contributed by atoms with Crippen LogP contribution in [0, 0.1) is 5.41 Å². The minimum Gasteiger partial charge on any atom is -0.351 e. The van der Waals surface area contributed by atoms with Gasteiger partial charge in [0.1, 0.15) is 5.82 Å². The van der Waals surface area contributed by atoms with Gasteiger partial charge in [-0.1, -0.05) is 45.0 Å². The minimum atomic E-state index is -0.108. The number of amides is 1. The highest BCUT2D eigenvalue weighted by Gasteiger charge is 2.18. The zero-order valence-corrected chi connectivity index (χ0v) is 12.7. The molecule has 0 aliphatic carbocycles. The lowest BCUT2D eigenvalue weighted by atomic mass is 9.90. The SMILES string of the molecule is CCC(C)(C)CNC(=O)c1cnc(NN)c2ccccc12. The minimum absolute atomic E-state index is 0.0810. The number of carbonyl (C=O) groups excluding carboxylic acids is 1. The maximum Gasteiger partial charge on any atom is 0.253 e.